The molecule has 0 saturated heterocycles. The quantitative estimate of drug-likeness (QED) is 0.413. The first kappa shape index (κ1) is 18.4. The van der Waals surface area contributed by atoms with E-state index in [0.717, 1.165) is 3.57 Å². The predicted molar refractivity (Wildman–Crippen MR) is 108 cm³/mol. The lowest BCUT2D eigenvalue weighted by Gasteiger charge is -2.08. The molecule has 0 aliphatic carbocycles. The number of benzene rings is 2. The smallest absolute Gasteiger partial charge is 0.234 e. The molecule has 1 heterocycles. The van der Waals surface area contributed by atoms with Gasteiger partial charge >= 0.3 is 0 Å². The van der Waals surface area contributed by atoms with Crippen molar-refractivity contribution in [2.24, 2.45) is 0 Å². The number of tetrazole rings is 1. The monoisotopic (exact) mass is 505 g/mol. The molecular formula is C15H10Cl2IN5OS. The van der Waals surface area contributed by atoms with Gasteiger partial charge in [-0.3, -0.25) is 4.79 Å². The second-order valence-electron chi connectivity index (χ2n) is 4.79. The molecule has 0 saturated carbocycles. The zero-order valence-electron chi connectivity index (χ0n) is 12.5. The number of hydrogen-bond donors (Lipinski definition) is 1. The lowest BCUT2D eigenvalue weighted by Crippen LogP contribution is -2.15. The number of anilines is 1. The molecule has 10 heteroatoms. The summed E-state index contributed by atoms with van der Waals surface area (Å²) in [5.74, 6) is -0.0746. The summed E-state index contributed by atoms with van der Waals surface area (Å²) in [7, 11) is 0. The van der Waals surface area contributed by atoms with Crippen LogP contribution in [0.5, 0.6) is 0 Å². The molecular weight excluding hydrogens is 496 g/mol. The normalized spacial score (nSPS) is 10.7. The Kier molecular flexibility index (Phi) is 6.15. The van der Waals surface area contributed by atoms with E-state index in [4.69, 9.17) is 23.2 Å². The van der Waals surface area contributed by atoms with Gasteiger partial charge in [-0.2, -0.15) is 4.68 Å². The van der Waals surface area contributed by atoms with Crippen molar-refractivity contribution in [3.8, 4) is 5.69 Å². The molecule has 0 aliphatic heterocycles. The molecule has 3 aromatic rings. The average molecular weight is 506 g/mol. The number of nitrogens with one attached hydrogen (secondary N) is 1. The van der Waals surface area contributed by atoms with Gasteiger partial charge in [0.15, 0.2) is 0 Å². The molecule has 0 fully saturated rings. The van der Waals surface area contributed by atoms with Crippen LogP contribution in [0.2, 0.25) is 10.0 Å². The van der Waals surface area contributed by atoms with Crippen LogP contribution in [0.15, 0.2) is 47.6 Å². The standard InChI is InChI=1S/C15H10Cl2IN5OS/c16-10-3-1-2-4-12(10)19-14(24)8-25-15-20-21-22-23(15)13-6-5-9(18)7-11(13)17/h1-7H,8H2,(H,19,24). The van der Waals surface area contributed by atoms with E-state index in [-0.39, 0.29) is 11.7 Å². The molecule has 0 bridgehead atoms. The van der Waals surface area contributed by atoms with E-state index >= 15 is 0 Å². The number of thioether (sulfide) groups is 1. The van der Waals surface area contributed by atoms with Crippen LogP contribution in [-0.2, 0) is 4.79 Å². The minimum atomic E-state index is -0.207. The molecule has 1 N–H and O–H groups in total. The van der Waals surface area contributed by atoms with Crippen molar-refractivity contribution in [1.29, 1.82) is 0 Å². The highest BCUT2D eigenvalue weighted by Gasteiger charge is 2.14. The van der Waals surface area contributed by atoms with Gasteiger partial charge in [-0.05, 0) is 63.3 Å². The van der Waals surface area contributed by atoms with Gasteiger partial charge in [-0.15, -0.1) is 5.10 Å². The highest BCUT2D eigenvalue weighted by atomic mass is 127. The van der Waals surface area contributed by atoms with Crippen LogP contribution in [0, 0.1) is 3.57 Å². The topological polar surface area (TPSA) is 72.7 Å². The summed E-state index contributed by atoms with van der Waals surface area (Å²) in [6.07, 6.45) is 0. The van der Waals surface area contributed by atoms with E-state index in [2.05, 4.69) is 43.4 Å². The third-order valence-corrected chi connectivity index (χ3v) is 5.28. The van der Waals surface area contributed by atoms with Crippen LogP contribution >= 0.6 is 57.6 Å². The maximum absolute atomic E-state index is 12.1. The Labute approximate surface area is 171 Å². The van der Waals surface area contributed by atoms with E-state index in [0.29, 0.717) is 26.6 Å². The summed E-state index contributed by atoms with van der Waals surface area (Å²) >= 11 is 15.7. The molecule has 6 nitrogen and oxygen atoms in total. The van der Waals surface area contributed by atoms with Crippen molar-refractivity contribution in [3.63, 3.8) is 0 Å². The SMILES string of the molecule is O=C(CSc1nnnn1-c1ccc(I)cc1Cl)Nc1ccccc1Cl. The Hall–Kier alpha value is -1.36. The Bertz CT molecular complexity index is 920. The van der Waals surface area contributed by atoms with Crippen LogP contribution in [0.4, 0.5) is 5.69 Å². The maximum Gasteiger partial charge on any atom is 0.234 e. The van der Waals surface area contributed by atoms with E-state index < -0.39 is 0 Å². The van der Waals surface area contributed by atoms with Crippen molar-refractivity contribution in [3.05, 3.63) is 56.1 Å². The molecule has 0 unspecified atom stereocenters. The fourth-order valence-electron chi connectivity index (χ4n) is 1.95. The summed E-state index contributed by atoms with van der Waals surface area (Å²) in [5.41, 5.74) is 1.22. The van der Waals surface area contributed by atoms with E-state index in [9.17, 15) is 4.79 Å². The number of carbonyl (C=O) groups is 1. The zero-order valence-corrected chi connectivity index (χ0v) is 17.0. The van der Waals surface area contributed by atoms with E-state index in [1.54, 1.807) is 24.3 Å². The second-order valence-corrected chi connectivity index (χ2v) is 7.79. The number of carbonyl (C=O) groups excluding carboxylic acids is 1. The van der Waals surface area contributed by atoms with Gasteiger partial charge in [0.05, 0.1) is 27.2 Å². The Balaban J connectivity index is 1.69. The van der Waals surface area contributed by atoms with E-state index in [1.807, 2.05) is 18.2 Å². The van der Waals surface area contributed by atoms with Gasteiger partial charge in [0.1, 0.15) is 0 Å². The molecule has 128 valence electrons. The van der Waals surface area contributed by atoms with Crippen molar-refractivity contribution >= 4 is 69.1 Å². The van der Waals surface area contributed by atoms with Crippen LogP contribution in [0.1, 0.15) is 0 Å². The molecule has 3 rings (SSSR count). The molecule has 25 heavy (non-hydrogen) atoms. The first-order valence-corrected chi connectivity index (χ1v) is 9.77. The minimum Gasteiger partial charge on any atom is -0.324 e. The fraction of sp³-hybridized carbons (Fsp3) is 0.0667. The largest absolute Gasteiger partial charge is 0.324 e. The summed E-state index contributed by atoms with van der Waals surface area (Å²) in [6.45, 7) is 0. The molecule has 1 amide bonds. The van der Waals surface area contributed by atoms with Crippen LogP contribution < -0.4 is 5.32 Å². The van der Waals surface area contributed by atoms with E-state index in [1.165, 1.54) is 16.4 Å². The zero-order chi connectivity index (χ0) is 17.8. The van der Waals surface area contributed by atoms with Gasteiger partial charge in [0, 0.05) is 3.57 Å². The number of halogens is 3. The van der Waals surface area contributed by atoms with Crippen molar-refractivity contribution in [2.45, 2.75) is 5.16 Å². The molecule has 0 aliphatic rings. The number of hydrogen-bond acceptors (Lipinski definition) is 5. The lowest BCUT2D eigenvalue weighted by atomic mass is 10.3. The summed E-state index contributed by atoms with van der Waals surface area (Å²) in [4.78, 5) is 12.1. The van der Waals surface area contributed by atoms with Crippen molar-refractivity contribution in [1.82, 2.24) is 20.2 Å². The first-order chi connectivity index (χ1) is 12.0. The summed E-state index contributed by atoms with van der Waals surface area (Å²) in [6, 6.07) is 12.6. The van der Waals surface area contributed by atoms with Crippen molar-refractivity contribution in [2.75, 3.05) is 11.1 Å². The Morgan fingerprint density at radius 3 is 2.76 bits per heavy atom. The summed E-state index contributed by atoms with van der Waals surface area (Å²) in [5, 5.41) is 15.8. The fourth-order valence-corrected chi connectivity index (χ4v) is 3.75. The average Bonchev–Trinajstić information content (AvgIpc) is 3.03. The van der Waals surface area contributed by atoms with Gasteiger partial charge in [-0.25, -0.2) is 0 Å². The number of amides is 1. The third kappa shape index (κ3) is 4.63. The number of para-hydroxylation sites is 1. The Morgan fingerprint density at radius 2 is 2.00 bits per heavy atom. The Morgan fingerprint density at radius 1 is 1.20 bits per heavy atom. The van der Waals surface area contributed by atoms with Crippen LogP contribution in [0.3, 0.4) is 0 Å². The lowest BCUT2D eigenvalue weighted by molar-refractivity contribution is -0.113. The van der Waals surface area contributed by atoms with Gasteiger partial charge < -0.3 is 5.32 Å². The molecule has 0 spiro atoms. The summed E-state index contributed by atoms with van der Waals surface area (Å²) < 4.78 is 2.51. The van der Waals surface area contributed by atoms with Gasteiger partial charge in [0.2, 0.25) is 11.1 Å². The van der Waals surface area contributed by atoms with Crippen LogP contribution in [0.25, 0.3) is 5.69 Å². The highest BCUT2D eigenvalue weighted by Crippen LogP contribution is 2.26. The maximum atomic E-state index is 12.1. The second kappa shape index (κ2) is 8.35. The molecule has 1 aromatic heterocycles. The number of rotatable bonds is 5. The van der Waals surface area contributed by atoms with Gasteiger partial charge in [-0.1, -0.05) is 47.1 Å². The number of nitrogens with zero attached hydrogens (tertiary/aromatic N) is 4. The minimum absolute atomic E-state index is 0.133. The number of aromatic nitrogens is 4. The first-order valence-electron chi connectivity index (χ1n) is 6.95. The van der Waals surface area contributed by atoms with Gasteiger partial charge in [0.25, 0.3) is 0 Å². The molecule has 2 aromatic carbocycles. The third-order valence-electron chi connectivity index (χ3n) is 3.06. The predicted octanol–water partition coefficient (Wildman–Crippen LogP) is 4.30. The van der Waals surface area contributed by atoms with Crippen LogP contribution in [-0.4, -0.2) is 31.9 Å². The molecule has 0 radical (unpaired) electrons. The molecule has 0 atom stereocenters. The van der Waals surface area contributed by atoms with Crippen molar-refractivity contribution < 1.29 is 4.79 Å². The highest BCUT2D eigenvalue weighted by molar-refractivity contribution is 14.1.